The Balaban J connectivity index is 2.54. The van der Waals surface area contributed by atoms with Gasteiger partial charge in [0.05, 0.1) is 0 Å². The maximum Gasteiger partial charge on any atom is 0.171 e. The van der Waals surface area contributed by atoms with Crippen LogP contribution in [0, 0.1) is 5.41 Å². The predicted molar refractivity (Wildman–Crippen MR) is 72.1 cm³/mol. The van der Waals surface area contributed by atoms with E-state index in [4.69, 9.17) is 23.2 Å². The van der Waals surface area contributed by atoms with Crippen LogP contribution >= 0.6 is 23.2 Å². The zero-order chi connectivity index (χ0) is 12.6. The van der Waals surface area contributed by atoms with E-state index in [0.29, 0.717) is 16.5 Å². The van der Waals surface area contributed by atoms with Gasteiger partial charge in [-0.1, -0.05) is 31.5 Å². The first kappa shape index (κ1) is 12.5. The molecule has 1 aromatic heterocycles. The molecule has 0 unspecified atom stereocenters. The number of rotatable bonds is 3. The summed E-state index contributed by atoms with van der Waals surface area (Å²) in [5.41, 5.74) is 0.976. The number of benzene rings is 1. The number of carbonyl (C=O) groups is 1. The van der Waals surface area contributed by atoms with Crippen molar-refractivity contribution in [3.8, 4) is 0 Å². The largest absolute Gasteiger partial charge is 0.360 e. The third-order valence-electron chi connectivity index (χ3n) is 2.84. The molecule has 0 radical (unpaired) electrons. The fourth-order valence-corrected chi connectivity index (χ4v) is 2.01. The van der Waals surface area contributed by atoms with Crippen LogP contribution in [-0.2, 0) is 0 Å². The Labute approximate surface area is 110 Å². The van der Waals surface area contributed by atoms with Gasteiger partial charge in [-0.3, -0.25) is 4.79 Å². The standard InChI is InChI=1S/C13H13Cl2NO/c1-13(2,7-14)12(17)10-6-16-11-5-8(15)3-4-9(10)11/h3-6,16H,7H2,1-2H3. The van der Waals surface area contributed by atoms with Crippen LogP contribution < -0.4 is 0 Å². The maximum atomic E-state index is 12.3. The van der Waals surface area contributed by atoms with Crippen LogP contribution in [0.4, 0.5) is 0 Å². The zero-order valence-electron chi connectivity index (χ0n) is 9.68. The fraction of sp³-hybridized carbons (Fsp3) is 0.308. The lowest BCUT2D eigenvalue weighted by atomic mass is 9.86. The van der Waals surface area contributed by atoms with Gasteiger partial charge in [0.15, 0.2) is 5.78 Å². The Morgan fingerprint density at radius 2 is 2.12 bits per heavy atom. The highest BCUT2D eigenvalue weighted by atomic mass is 35.5. The van der Waals surface area contributed by atoms with Gasteiger partial charge in [0.2, 0.25) is 0 Å². The van der Waals surface area contributed by atoms with Crippen LogP contribution in [0.15, 0.2) is 24.4 Å². The number of H-pyrrole nitrogens is 1. The zero-order valence-corrected chi connectivity index (χ0v) is 11.2. The number of hydrogen-bond acceptors (Lipinski definition) is 1. The summed E-state index contributed by atoms with van der Waals surface area (Å²) >= 11 is 11.7. The minimum atomic E-state index is -0.559. The van der Waals surface area contributed by atoms with Crippen molar-refractivity contribution >= 4 is 39.9 Å². The van der Waals surface area contributed by atoms with Gasteiger partial charge in [0.25, 0.3) is 0 Å². The van der Waals surface area contributed by atoms with Crippen molar-refractivity contribution in [2.75, 3.05) is 5.88 Å². The molecule has 0 aliphatic carbocycles. The molecule has 4 heteroatoms. The highest BCUT2D eigenvalue weighted by molar-refractivity contribution is 6.31. The minimum Gasteiger partial charge on any atom is -0.360 e. The van der Waals surface area contributed by atoms with E-state index in [-0.39, 0.29) is 5.78 Å². The van der Waals surface area contributed by atoms with Crippen molar-refractivity contribution < 1.29 is 4.79 Å². The molecule has 0 saturated heterocycles. The van der Waals surface area contributed by atoms with E-state index in [0.717, 1.165) is 10.9 Å². The van der Waals surface area contributed by atoms with Crippen LogP contribution in [-0.4, -0.2) is 16.6 Å². The monoisotopic (exact) mass is 269 g/mol. The second-order valence-electron chi connectivity index (χ2n) is 4.74. The number of aromatic amines is 1. The smallest absolute Gasteiger partial charge is 0.171 e. The number of nitrogens with one attached hydrogen (secondary N) is 1. The van der Waals surface area contributed by atoms with Gasteiger partial charge in [-0.05, 0) is 12.1 Å². The summed E-state index contributed by atoms with van der Waals surface area (Å²) in [5.74, 6) is 0.340. The molecule has 0 atom stereocenters. The van der Waals surface area contributed by atoms with Gasteiger partial charge in [0.1, 0.15) is 0 Å². The number of hydrogen-bond donors (Lipinski definition) is 1. The Morgan fingerprint density at radius 1 is 1.41 bits per heavy atom. The molecule has 0 spiro atoms. The number of carbonyl (C=O) groups excluding carboxylic acids is 1. The quantitative estimate of drug-likeness (QED) is 0.655. The molecule has 2 rings (SSSR count). The van der Waals surface area contributed by atoms with Gasteiger partial charge >= 0.3 is 0 Å². The van der Waals surface area contributed by atoms with Crippen LogP contribution in [0.1, 0.15) is 24.2 Å². The normalized spacial score (nSPS) is 12.0. The average Bonchev–Trinajstić information content (AvgIpc) is 2.70. The second kappa shape index (κ2) is 4.35. The first-order chi connectivity index (χ1) is 7.95. The van der Waals surface area contributed by atoms with E-state index in [2.05, 4.69) is 4.98 Å². The predicted octanol–water partition coefficient (Wildman–Crippen LogP) is 4.27. The molecule has 17 heavy (non-hydrogen) atoms. The van der Waals surface area contributed by atoms with Crippen LogP contribution in [0.2, 0.25) is 5.02 Å². The topological polar surface area (TPSA) is 32.9 Å². The van der Waals surface area contributed by atoms with Crippen molar-refractivity contribution in [1.82, 2.24) is 4.98 Å². The molecule has 2 aromatic rings. The Kier molecular flexibility index (Phi) is 3.19. The Hall–Kier alpha value is -0.990. The van der Waals surface area contributed by atoms with Crippen molar-refractivity contribution in [3.63, 3.8) is 0 Å². The summed E-state index contributed by atoms with van der Waals surface area (Å²) < 4.78 is 0. The molecule has 0 fully saturated rings. The lowest BCUT2D eigenvalue weighted by Gasteiger charge is -2.18. The molecule has 0 aliphatic heterocycles. The van der Waals surface area contributed by atoms with E-state index in [1.54, 1.807) is 18.3 Å². The van der Waals surface area contributed by atoms with Gasteiger partial charge in [0, 0.05) is 39.0 Å². The molecule has 0 aliphatic rings. The van der Waals surface area contributed by atoms with E-state index < -0.39 is 5.41 Å². The highest BCUT2D eigenvalue weighted by Gasteiger charge is 2.29. The van der Waals surface area contributed by atoms with Gasteiger partial charge in [-0.25, -0.2) is 0 Å². The van der Waals surface area contributed by atoms with Crippen molar-refractivity contribution in [2.45, 2.75) is 13.8 Å². The molecule has 2 nitrogen and oxygen atoms in total. The van der Waals surface area contributed by atoms with Gasteiger partial charge in [-0.15, -0.1) is 11.6 Å². The second-order valence-corrected chi connectivity index (χ2v) is 5.44. The number of alkyl halides is 1. The number of halogens is 2. The molecule has 0 saturated carbocycles. The highest BCUT2D eigenvalue weighted by Crippen LogP contribution is 2.29. The molecule has 1 N–H and O–H groups in total. The van der Waals surface area contributed by atoms with E-state index >= 15 is 0 Å². The molecular formula is C13H13Cl2NO. The maximum absolute atomic E-state index is 12.3. The van der Waals surface area contributed by atoms with E-state index in [9.17, 15) is 4.79 Å². The number of ketones is 1. The summed E-state index contributed by atoms with van der Waals surface area (Å²) in [4.78, 5) is 15.4. The average molecular weight is 270 g/mol. The van der Waals surface area contributed by atoms with Crippen molar-refractivity contribution in [1.29, 1.82) is 0 Å². The van der Waals surface area contributed by atoms with Crippen LogP contribution in [0.25, 0.3) is 10.9 Å². The summed E-state index contributed by atoms with van der Waals surface area (Å²) in [6.07, 6.45) is 1.72. The van der Waals surface area contributed by atoms with Gasteiger partial charge in [-0.2, -0.15) is 0 Å². The minimum absolute atomic E-state index is 0.0427. The summed E-state index contributed by atoms with van der Waals surface area (Å²) in [5, 5.41) is 1.53. The molecular weight excluding hydrogens is 257 g/mol. The number of Topliss-reactive ketones (excluding diaryl/α,β-unsaturated/α-hetero) is 1. The first-order valence-electron chi connectivity index (χ1n) is 5.33. The Bertz CT molecular complexity index is 572. The molecule has 1 heterocycles. The fourth-order valence-electron chi connectivity index (χ4n) is 1.71. The molecule has 0 bridgehead atoms. The molecule has 1 aromatic carbocycles. The van der Waals surface area contributed by atoms with Crippen LogP contribution in [0.3, 0.4) is 0 Å². The third-order valence-corrected chi connectivity index (χ3v) is 3.74. The lowest BCUT2D eigenvalue weighted by molar-refractivity contribution is 0.0864. The first-order valence-corrected chi connectivity index (χ1v) is 6.24. The van der Waals surface area contributed by atoms with Crippen molar-refractivity contribution in [3.05, 3.63) is 35.0 Å². The number of aromatic nitrogens is 1. The summed E-state index contributed by atoms with van der Waals surface area (Å²) in [6, 6.07) is 5.44. The van der Waals surface area contributed by atoms with Crippen LogP contribution in [0.5, 0.6) is 0 Å². The molecule has 90 valence electrons. The Morgan fingerprint density at radius 3 is 2.76 bits per heavy atom. The van der Waals surface area contributed by atoms with E-state index in [1.165, 1.54) is 0 Å². The number of fused-ring (bicyclic) bond motifs is 1. The lowest BCUT2D eigenvalue weighted by Crippen LogP contribution is -2.25. The van der Waals surface area contributed by atoms with Gasteiger partial charge < -0.3 is 4.98 Å². The van der Waals surface area contributed by atoms with E-state index in [1.807, 2.05) is 19.9 Å². The SMILES string of the molecule is CC(C)(CCl)C(=O)c1c[nH]c2cc(Cl)ccc12. The third kappa shape index (κ3) is 2.20. The molecule has 0 amide bonds. The summed E-state index contributed by atoms with van der Waals surface area (Å²) in [6.45, 7) is 3.69. The summed E-state index contributed by atoms with van der Waals surface area (Å²) in [7, 11) is 0. The van der Waals surface area contributed by atoms with Crippen molar-refractivity contribution in [2.24, 2.45) is 5.41 Å².